The number of hydrogen-bond donors (Lipinski definition) is 1. The fourth-order valence-corrected chi connectivity index (χ4v) is 2.09. The number of carboxylic acid groups (broad SMARTS) is 1. The molecule has 1 N–H and O–H groups in total. The van der Waals surface area contributed by atoms with Crippen molar-refractivity contribution >= 4 is 11.9 Å². The summed E-state index contributed by atoms with van der Waals surface area (Å²) in [6.45, 7) is 6.30. The van der Waals surface area contributed by atoms with Gasteiger partial charge in [0.25, 0.3) is 0 Å². The van der Waals surface area contributed by atoms with Gasteiger partial charge in [0.1, 0.15) is 11.6 Å². The largest absolute Gasteiger partial charge is 0.465 e. The van der Waals surface area contributed by atoms with Gasteiger partial charge in [0.05, 0.1) is 6.04 Å². The van der Waals surface area contributed by atoms with E-state index in [9.17, 15) is 23.5 Å². The lowest BCUT2D eigenvalue weighted by atomic mass is 9.98. The summed E-state index contributed by atoms with van der Waals surface area (Å²) in [6.07, 6.45) is -1.27. The Morgan fingerprint density at radius 3 is 1.95 bits per heavy atom. The molecule has 0 spiro atoms. The van der Waals surface area contributed by atoms with Gasteiger partial charge in [-0.3, -0.25) is 9.69 Å². The topological polar surface area (TPSA) is 57.6 Å². The number of benzene rings is 1. The molecular weight excluding hydrogens is 268 g/mol. The Hall–Kier alpha value is -1.98. The van der Waals surface area contributed by atoms with Crippen molar-refractivity contribution in [3.63, 3.8) is 0 Å². The minimum absolute atomic E-state index is 0.189. The van der Waals surface area contributed by atoms with Crippen LogP contribution in [0.25, 0.3) is 0 Å². The molecule has 0 saturated heterocycles. The van der Waals surface area contributed by atoms with E-state index in [-0.39, 0.29) is 5.56 Å². The minimum atomic E-state index is -1.27. The monoisotopic (exact) mass is 285 g/mol. The van der Waals surface area contributed by atoms with Crippen LogP contribution in [0.5, 0.6) is 0 Å². The molecule has 0 aliphatic carbocycles. The second kappa shape index (κ2) is 5.56. The first kappa shape index (κ1) is 16.1. The predicted octanol–water partition coefficient (Wildman–Crippen LogP) is 3.31. The molecule has 0 aliphatic rings. The fourth-order valence-electron chi connectivity index (χ4n) is 2.09. The van der Waals surface area contributed by atoms with Crippen molar-refractivity contribution in [1.82, 2.24) is 4.90 Å². The van der Waals surface area contributed by atoms with Gasteiger partial charge in [-0.25, -0.2) is 13.6 Å². The highest BCUT2D eigenvalue weighted by Crippen LogP contribution is 2.21. The van der Waals surface area contributed by atoms with Crippen molar-refractivity contribution in [2.24, 2.45) is 0 Å². The number of ketones is 1. The van der Waals surface area contributed by atoms with Crippen molar-refractivity contribution in [2.45, 2.75) is 39.3 Å². The van der Waals surface area contributed by atoms with E-state index in [2.05, 4.69) is 0 Å². The van der Waals surface area contributed by atoms with Crippen molar-refractivity contribution in [2.75, 3.05) is 0 Å². The molecule has 0 bridgehead atoms. The number of rotatable bonds is 3. The summed E-state index contributed by atoms with van der Waals surface area (Å²) in [4.78, 5) is 24.4. The number of halogens is 2. The van der Waals surface area contributed by atoms with E-state index in [0.29, 0.717) is 6.07 Å². The summed E-state index contributed by atoms with van der Waals surface area (Å²) in [5.74, 6) is -2.41. The Bertz CT molecular complexity index is 517. The molecule has 0 fully saturated rings. The van der Waals surface area contributed by atoms with Gasteiger partial charge < -0.3 is 5.11 Å². The number of nitrogens with zero attached hydrogens (tertiary/aromatic N) is 1. The van der Waals surface area contributed by atoms with Gasteiger partial charge in [0, 0.05) is 17.2 Å². The standard InChI is InChI=1S/C14H17F2NO3/c1-8(17(13(19)20)14(2,3)4)12(18)9-5-10(15)7-11(16)6-9/h5-8H,1-4H3,(H,19,20)/t8-/m0/s1. The smallest absolute Gasteiger partial charge is 0.408 e. The summed E-state index contributed by atoms with van der Waals surface area (Å²) in [5, 5.41) is 9.21. The van der Waals surface area contributed by atoms with E-state index in [1.807, 2.05) is 0 Å². The molecular formula is C14H17F2NO3. The summed E-state index contributed by atoms with van der Waals surface area (Å²) >= 11 is 0. The van der Waals surface area contributed by atoms with Gasteiger partial charge in [-0.2, -0.15) is 0 Å². The fraction of sp³-hybridized carbons (Fsp3) is 0.429. The molecule has 0 aromatic heterocycles. The summed E-state index contributed by atoms with van der Waals surface area (Å²) in [7, 11) is 0. The second-order valence-corrected chi connectivity index (χ2v) is 5.52. The minimum Gasteiger partial charge on any atom is -0.465 e. The number of Topliss-reactive ketones (excluding diaryl/α,β-unsaturated/α-hetero) is 1. The van der Waals surface area contributed by atoms with Crippen molar-refractivity contribution < 1.29 is 23.5 Å². The summed E-state index contributed by atoms with van der Waals surface area (Å²) in [6, 6.07) is 1.39. The first-order valence-electron chi connectivity index (χ1n) is 6.06. The van der Waals surface area contributed by atoms with Crippen LogP contribution in [0, 0.1) is 11.6 Å². The molecule has 0 unspecified atom stereocenters. The van der Waals surface area contributed by atoms with Gasteiger partial charge in [-0.15, -0.1) is 0 Å². The van der Waals surface area contributed by atoms with Gasteiger partial charge in [-0.1, -0.05) is 0 Å². The van der Waals surface area contributed by atoms with E-state index in [0.717, 1.165) is 17.0 Å². The second-order valence-electron chi connectivity index (χ2n) is 5.52. The zero-order chi connectivity index (χ0) is 15.7. The third kappa shape index (κ3) is 3.53. The maximum absolute atomic E-state index is 13.1. The lowest BCUT2D eigenvalue weighted by Gasteiger charge is -2.37. The third-order valence-electron chi connectivity index (χ3n) is 2.84. The van der Waals surface area contributed by atoms with Crippen molar-refractivity contribution in [1.29, 1.82) is 0 Å². The Balaban J connectivity index is 3.15. The Kier molecular flexibility index (Phi) is 4.47. The van der Waals surface area contributed by atoms with Crippen molar-refractivity contribution in [3.8, 4) is 0 Å². The molecule has 1 aromatic rings. The van der Waals surface area contributed by atoms with Crippen molar-refractivity contribution in [3.05, 3.63) is 35.4 Å². The normalized spacial score (nSPS) is 12.9. The van der Waals surface area contributed by atoms with E-state index < -0.39 is 35.1 Å². The zero-order valence-corrected chi connectivity index (χ0v) is 11.8. The van der Waals surface area contributed by atoms with Crippen LogP contribution < -0.4 is 0 Å². The summed E-state index contributed by atoms with van der Waals surface area (Å²) in [5.41, 5.74) is -1.00. The van der Waals surface area contributed by atoms with Crippen LogP contribution in [0.15, 0.2) is 18.2 Å². The molecule has 1 atom stereocenters. The lowest BCUT2D eigenvalue weighted by molar-refractivity contribution is 0.0588. The number of carbonyl (C=O) groups excluding carboxylic acids is 1. The molecule has 0 heterocycles. The predicted molar refractivity (Wildman–Crippen MR) is 69.8 cm³/mol. The van der Waals surface area contributed by atoms with Gasteiger partial charge in [-0.05, 0) is 39.8 Å². The highest BCUT2D eigenvalue weighted by atomic mass is 19.1. The molecule has 1 rings (SSSR count). The molecule has 20 heavy (non-hydrogen) atoms. The van der Waals surface area contributed by atoms with Crippen LogP contribution in [-0.2, 0) is 0 Å². The quantitative estimate of drug-likeness (QED) is 0.867. The van der Waals surface area contributed by atoms with Gasteiger partial charge in [0.15, 0.2) is 5.78 Å². The first-order valence-corrected chi connectivity index (χ1v) is 6.06. The third-order valence-corrected chi connectivity index (χ3v) is 2.84. The molecule has 4 nitrogen and oxygen atoms in total. The highest BCUT2D eigenvalue weighted by molar-refractivity contribution is 6.01. The number of amides is 1. The molecule has 0 aliphatic heterocycles. The van der Waals surface area contributed by atoms with Crippen LogP contribution in [0.2, 0.25) is 0 Å². The molecule has 1 aromatic carbocycles. The SMILES string of the molecule is C[C@@H](C(=O)c1cc(F)cc(F)c1)N(C(=O)O)C(C)(C)C. The van der Waals surface area contributed by atoms with Gasteiger partial charge >= 0.3 is 6.09 Å². The maximum Gasteiger partial charge on any atom is 0.408 e. The van der Waals surface area contributed by atoms with Crippen LogP contribution in [0.3, 0.4) is 0 Å². The molecule has 1 amide bonds. The number of carbonyl (C=O) groups is 2. The Labute approximate surface area is 116 Å². The maximum atomic E-state index is 13.1. The molecule has 0 radical (unpaired) electrons. The van der Waals surface area contributed by atoms with Crippen LogP contribution in [0.4, 0.5) is 13.6 Å². The first-order chi connectivity index (χ1) is 9.04. The van der Waals surface area contributed by atoms with Crippen LogP contribution >= 0.6 is 0 Å². The number of hydrogen-bond acceptors (Lipinski definition) is 2. The van der Waals surface area contributed by atoms with E-state index in [1.165, 1.54) is 6.92 Å². The lowest BCUT2D eigenvalue weighted by Crippen LogP contribution is -2.52. The van der Waals surface area contributed by atoms with Crippen LogP contribution in [-0.4, -0.2) is 33.5 Å². The Morgan fingerprint density at radius 2 is 1.60 bits per heavy atom. The van der Waals surface area contributed by atoms with Gasteiger partial charge in [0.2, 0.25) is 0 Å². The van der Waals surface area contributed by atoms with Crippen LogP contribution in [0.1, 0.15) is 38.1 Å². The molecule has 110 valence electrons. The highest BCUT2D eigenvalue weighted by Gasteiger charge is 2.35. The molecule has 6 heteroatoms. The van der Waals surface area contributed by atoms with E-state index in [4.69, 9.17) is 0 Å². The summed E-state index contributed by atoms with van der Waals surface area (Å²) < 4.78 is 26.2. The molecule has 0 saturated carbocycles. The van der Waals surface area contributed by atoms with E-state index >= 15 is 0 Å². The zero-order valence-electron chi connectivity index (χ0n) is 11.8. The average Bonchev–Trinajstić information content (AvgIpc) is 2.23. The van der Waals surface area contributed by atoms with E-state index in [1.54, 1.807) is 20.8 Å². The Morgan fingerprint density at radius 1 is 1.15 bits per heavy atom. The average molecular weight is 285 g/mol.